The number of nitrogens with one attached hydrogen (secondary N) is 1. The molecule has 114 valence electrons. The molecule has 3 aliphatic rings. The third-order valence-corrected chi connectivity index (χ3v) is 5.36. The summed E-state index contributed by atoms with van der Waals surface area (Å²) >= 11 is 3.64. The maximum Gasteiger partial charge on any atom is 0.127 e. The molecule has 4 rings (SSSR count). The first-order chi connectivity index (χ1) is 10.3. The largest absolute Gasteiger partial charge is 0.493 e. The van der Waals surface area contributed by atoms with Crippen LogP contribution in [0.15, 0.2) is 16.6 Å². The van der Waals surface area contributed by atoms with E-state index in [1.807, 2.05) is 0 Å². The Kier molecular flexibility index (Phi) is 3.92. The maximum atomic E-state index is 5.85. The molecule has 0 spiro atoms. The van der Waals surface area contributed by atoms with Crippen molar-refractivity contribution in [3.63, 3.8) is 0 Å². The normalized spacial score (nSPS) is 23.7. The minimum absolute atomic E-state index is 0.783. The molecule has 21 heavy (non-hydrogen) atoms. The van der Waals surface area contributed by atoms with Crippen molar-refractivity contribution in [2.75, 3.05) is 45.9 Å². The summed E-state index contributed by atoms with van der Waals surface area (Å²) in [5.41, 5.74) is 2.70. The molecule has 0 amide bonds. The van der Waals surface area contributed by atoms with Crippen LogP contribution in [0.4, 0.5) is 0 Å². The second-order valence-electron chi connectivity index (χ2n) is 6.28. The van der Waals surface area contributed by atoms with Gasteiger partial charge in [-0.2, -0.15) is 0 Å². The van der Waals surface area contributed by atoms with Gasteiger partial charge in [-0.3, -0.25) is 9.80 Å². The fraction of sp³-hybridized carbons (Fsp3) is 0.625. The molecule has 0 atom stereocenters. The molecule has 3 heterocycles. The highest BCUT2D eigenvalue weighted by Crippen LogP contribution is 2.33. The Morgan fingerprint density at radius 3 is 2.71 bits per heavy atom. The van der Waals surface area contributed by atoms with Gasteiger partial charge in [0.15, 0.2) is 0 Å². The summed E-state index contributed by atoms with van der Waals surface area (Å²) in [4.78, 5) is 5.20. The zero-order valence-electron chi connectivity index (χ0n) is 12.3. The van der Waals surface area contributed by atoms with Crippen LogP contribution in [0.3, 0.4) is 0 Å². The lowest BCUT2D eigenvalue weighted by atomic mass is 10.1. The highest BCUT2D eigenvalue weighted by atomic mass is 79.9. The molecule has 0 saturated carbocycles. The summed E-state index contributed by atoms with van der Waals surface area (Å²) in [7, 11) is 0. The number of rotatable bonds is 3. The van der Waals surface area contributed by atoms with Crippen LogP contribution in [-0.4, -0.2) is 61.7 Å². The molecule has 0 aliphatic carbocycles. The van der Waals surface area contributed by atoms with Crippen molar-refractivity contribution in [3.8, 4) is 5.75 Å². The van der Waals surface area contributed by atoms with E-state index in [-0.39, 0.29) is 0 Å². The summed E-state index contributed by atoms with van der Waals surface area (Å²) in [6.07, 6.45) is 1.05. The third kappa shape index (κ3) is 2.84. The van der Waals surface area contributed by atoms with E-state index in [4.69, 9.17) is 4.74 Å². The van der Waals surface area contributed by atoms with Crippen LogP contribution in [0.5, 0.6) is 5.75 Å². The molecule has 3 aliphatic heterocycles. The first kappa shape index (κ1) is 14.0. The topological polar surface area (TPSA) is 27.7 Å². The van der Waals surface area contributed by atoms with Gasteiger partial charge in [0.05, 0.1) is 6.61 Å². The SMILES string of the molecule is Brc1cc2c(c(CN3CCN(C4CNC4)CC3)c1)OCC2. The Bertz CT molecular complexity index is 524. The minimum Gasteiger partial charge on any atom is -0.493 e. The third-order valence-electron chi connectivity index (χ3n) is 4.90. The summed E-state index contributed by atoms with van der Waals surface area (Å²) in [5, 5.41) is 3.37. The van der Waals surface area contributed by atoms with Gasteiger partial charge < -0.3 is 10.1 Å². The number of hydrogen-bond acceptors (Lipinski definition) is 4. The number of benzene rings is 1. The molecule has 5 heteroatoms. The van der Waals surface area contributed by atoms with E-state index < -0.39 is 0 Å². The molecular weight excluding hydrogens is 330 g/mol. The zero-order valence-corrected chi connectivity index (χ0v) is 13.9. The van der Waals surface area contributed by atoms with Crippen LogP contribution < -0.4 is 10.1 Å². The fourth-order valence-corrected chi connectivity index (χ4v) is 4.08. The molecule has 1 aromatic carbocycles. The second-order valence-corrected chi connectivity index (χ2v) is 7.19. The van der Waals surface area contributed by atoms with Crippen LogP contribution in [0.2, 0.25) is 0 Å². The smallest absolute Gasteiger partial charge is 0.127 e. The van der Waals surface area contributed by atoms with Gasteiger partial charge in [0.1, 0.15) is 5.75 Å². The molecule has 2 saturated heterocycles. The van der Waals surface area contributed by atoms with Crippen LogP contribution in [0.1, 0.15) is 11.1 Å². The van der Waals surface area contributed by atoms with E-state index >= 15 is 0 Å². The fourth-order valence-electron chi connectivity index (χ4n) is 3.52. The van der Waals surface area contributed by atoms with Gasteiger partial charge in [-0.05, 0) is 17.7 Å². The number of ether oxygens (including phenoxy) is 1. The van der Waals surface area contributed by atoms with Gasteiger partial charge in [0.2, 0.25) is 0 Å². The second kappa shape index (κ2) is 5.88. The monoisotopic (exact) mass is 351 g/mol. The number of halogens is 1. The summed E-state index contributed by atoms with van der Waals surface area (Å²) in [6, 6.07) is 5.21. The van der Waals surface area contributed by atoms with Crippen LogP contribution in [-0.2, 0) is 13.0 Å². The molecule has 0 bridgehead atoms. The van der Waals surface area contributed by atoms with Crippen molar-refractivity contribution in [1.29, 1.82) is 0 Å². The quantitative estimate of drug-likeness (QED) is 0.892. The van der Waals surface area contributed by atoms with Crippen LogP contribution in [0, 0.1) is 0 Å². The van der Waals surface area contributed by atoms with E-state index in [2.05, 4.69) is 43.2 Å². The predicted octanol–water partition coefficient (Wildman–Crippen LogP) is 1.47. The van der Waals surface area contributed by atoms with Crippen LogP contribution in [0.25, 0.3) is 0 Å². The molecule has 2 fully saturated rings. The summed E-state index contributed by atoms with van der Waals surface area (Å²) in [5.74, 6) is 1.14. The molecule has 1 N–H and O–H groups in total. The number of piperazine rings is 1. The van der Waals surface area contributed by atoms with Crippen LogP contribution >= 0.6 is 15.9 Å². The standard InChI is InChI=1S/C16H22BrN3O/c17-14-7-12-1-6-21-16(12)13(8-14)11-19-2-4-20(5-3-19)15-9-18-10-15/h7-8,15,18H,1-6,9-11H2. The van der Waals surface area contributed by atoms with Crippen molar-refractivity contribution in [2.45, 2.75) is 19.0 Å². The first-order valence-electron chi connectivity index (χ1n) is 7.91. The molecular formula is C16H22BrN3O. The Labute approximate surface area is 134 Å². The molecule has 1 aromatic rings. The molecule has 0 aromatic heterocycles. The van der Waals surface area contributed by atoms with Gasteiger partial charge in [0.25, 0.3) is 0 Å². The van der Waals surface area contributed by atoms with Gasteiger partial charge in [0, 0.05) is 68.3 Å². The Hall–Kier alpha value is -0.620. The first-order valence-corrected chi connectivity index (χ1v) is 8.70. The van der Waals surface area contributed by atoms with Gasteiger partial charge in [-0.1, -0.05) is 15.9 Å². The Balaban J connectivity index is 1.41. The van der Waals surface area contributed by atoms with Gasteiger partial charge in [-0.25, -0.2) is 0 Å². The van der Waals surface area contributed by atoms with Gasteiger partial charge >= 0.3 is 0 Å². The number of fused-ring (bicyclic) bond motifs is 1. The van der Waals surface area contributed by atoms with E-state index in [1.54, 1.807) is 0 Å². The van der Waals surface area contributed by atoms with Crippen molar-refractivity contribution >= 4 is 15.9 Å². The lowest BCUT2D eigenvalue weighted by Gasteiger charge is -2.43. The average molecular weight is 352 g/mol. The molecule has 0 unspecified atom stereocenters. The van der Waals surface area contributed by atoms with E-state index in [9.17, 15) is 0 Å². The highest BCUT2D eigenvalue weighted by molar-refractivity contribution is 9.10. The number of hydrogen-bond donors (Lipinski definition) is 1. The van der Waals surface area contributed by atoms with E-state index in [1.165, 1.54) is 41.8 Å². The minimum atomic E-state index is 0.783. The summed E-state index contributed by atoms with van der Waals surface area (Å²) in [6.45, 7) is 8.92. The highest BCUT2D eigenvalue weighted by Gasteiger charge is 2.28. The lowest BCUT2D eigenvalue weighted by molar-refractivity contribution is 0.0692. The Morgan fingerprint density at radius 2 is 2.00 bits per heavy atom. The average Bonchev–Trinajstić information content (AvgIpc) is 2.87. The predicted molar refractivity (Wildman–Crippen MR) is 86.8 cm³/mol. The molecule has 0 radical (unpaired) electrons. The van der Waals surface area contributed by atoms with Crippen molar-refractivity contribution < 1.29 is 4.74 Å². The number of nitrogens with zero attached hydrogens (tertiary/aromatic N) is 2. The van der Waals surface area contributed by atoms with Gasteiger partial charge in [-0.15, -0.1) is 0 Å². The van der Waals surface area contributed by atoms with E-state index in [0.29, 0.717) is 0 Å². The summed E-state index contributed by atoms with van der Waals surface area (Å²) < 4.78 is 7.03. The zero-order chi connectivity index (χ0) is 14.2. The maximum absolute atomic E-state index is 5.85. The Morgan fingerprint density at radius 1 is 1.19 bits per heavy atom. The lowest BCUT2D eigenvalue weighted by Crippen LogP contribution is -2.61. The van der Waals surface area contributed by atoms with Crippen molar-refractivity contribution in [2.24, 2.45) is 0 Å². The van der Waals surface area contributed by atoms with Crippen molar-refractivity contribution in [1.82, 2.24) is 15.1 Å². The van der Waals surface area contributed by atoms with Crippen molar-refractivity contribution in [3.05, 3.63) is 27.7 Å². The van der Waals surface area contributed by atoms with E-state index in [0.717, 1.165) is 44.5 Å². The molecule has 4 nitrogen and oxygen atoms in total.